The number of amides is 2. The molecular weight excluding hydrogens is 334 g/mol. The maximum Gasteiger partial charge on any atom is 0.254 e. The summed E-state index contributed by atoms with van der Waals surface area (Å²) >= 11 is 1.63. The van der Waals surface area contributed by atoms with Crippen molar-refractivity contribution in [2.24, 2.45) is 0 Å². The Hall–Kier alpha value is -2.28. The Morgan fingerprint density at radius 3 is 2.58 bits per heavy atom. The topological polar surface area (TPSA) is 58.2 Å². The predicted octanol–water partition coefficient (Wildman–Crippen LogP) is 3.16. The van der Waals surface area contributed by atoms with Crippen LogP contribution in [0.25, 0.3) is 0 Å². The number of carbonyl (C=O) groups is 2. The third-order valence-electron chi connectivity index (χ3n) is 3.30. The average molecular weight is 352 g/mol. The van der Waals surface area contributed by atoms with Gasteiger partial charge in [0.2, 0.25) is 5.91 Å². The molecule has 2 rings (SSSR count). The van der Waals surface area contributed by atoms with Gasteiger partial charge in [0.15, 0.2) is 0 Å². The molecule has 2 N–H and O–H groups in total. The SMILES string of the molecule is Cc1ccc(CNC(=O)CCCNC(=O)c2ccc(F)cc2F)s1. The highest BCUT2D eigenvalue weighted by Crippen LogP contribution is 2.14. The molecule has 1 heterocycles. The molecular formula is C17H18F2N2O2S. The number of halogens is 2. The van der Waals surface area contributed by atoms with Crippen LogP contribution in [0.1, 0.15) is 33.0 Å². The Balaban J connectivity index is 1.66. The van der Waals surface area contributed by atoms with Crippen molar-refractivity contribution in [2.75, 3.05) is 6.54 Å². The van der Waals surface area contributed by atoms with Gasteiger partial charge in [0, 0.05) is 28.8 Å². The molecule has 1 aromatic carbocycles. The molecule has 0 spiro atoms. The van der Waals surface area contributed by atoms with Gasteiger partial charge in [-0.3, -0.25) is 9.59 Å². The van der Waals surface area contributed by atoms with Crippen molar-refractivity contribution in [3.05, 3.63) is 57.3 Å². The summed E-state index contributed by atoms with van der Waals surface area (Å²) in [5, 5.41) is 5.32. The van der Waals surface area contributed by atoms with Crippen LogP contribution in [0.3, 0.4) is 0 Å². The summed E-state index contributed by atoms with van der Waals surface area (Å²) in [5.74, 6) is -2.37. The zero-order chi connectivity index (χ0) is 17.5. The Labute approximate surface area is 142 Å². The molecule has 0 radical (unpaired) electrons. The van der Waals surface area contributed by atoms with E-state index in [2.05, 4.69) is 10.6 Å². The Kier molecular flexibility index (Phi) is 6.43. The van der Waals surface area contributed by atoms with E-state index in [-0.39, 0.29) is 24.4 Å². The summed E-state index contributed by atoms with van der Waals surface area (Å²) < 4.78 is 26.2. The molecule has 0 saturated carbocycles. The summed E-state index contributed by atoms with van der Waals surface area (Å²) in [6, 6.07) is 6.75. The van der Waals surface area contributed by atoms with Crippen molar-refractivity contribution < 1.29 is 18.4 Å². The van der Waals surface area contributed by atoms with Crippen molar-refractivity contribution in [1.82, 2.24) is 10.6 Å². The number of nitrogens with one attached hydrogen (secondary N) is 2. The molecule has 0 aliphatic rings. The number of hydrogen-bond donors (Lipinski definition) is 2. The zero-order valence-corrected chi connectivity index (χ0v) is 14.0. The third kappa shape index (κ3) is 5.42. The van der Waals surface area contributed by atoms with Crippen molar-refractivity contribution in [1.29, 1.82) is 0 Å². The lowest BCUT2D eigenvalue weighted by atomic mass is 10.2. The van der Waals surface area contributed by atoms with Gasteiger partial charge in [0.05, 0.1) is 12.1 Å². The van der Waals surface area contributed by atoms with E-state index in [0.29, 0.717) is 19.0 Å². The summed E-state index contributed by atoms with van der Waals surface area (Å²) in [6.07, 6.45) is 0.695. The van der Waals surface area contributed by atoms with Gasteiger partial charge in [0.1, 0.15) is 11.6 Å². The second kappa shape index (κ2) is 8.54. The van der Waals surface area contributed by atoms with E-state index in [0.717, 1.165) is 17.0 Å². The molecule has 0 fully saturated rings. The van der Waals surface area contributed by atoms with Gasteiger partial charge in [-0.25, -0.2) is 8.78 Å². The monoisotopic (exact) mass is 352 g/mol. The number of carbonyl (C=O) groups excluding carboxylic acids is 2. The van der Waals surface area contributed by atoms with Crippen LogP contribution >= 0.6 is 11.3 Å². The minimum absolute atomic E-state index is 0.108. The number of thiophene rings is 1. The highest BCUT2D eigenvalue weighted by Gasteiger charge is 2.12. The molecule has 0 aliphatic heterocycles. The van der Waals surface area contributed by atoms with Crippen LogP contribution in [0.15, 0.2) is 30.3 Å². The van der Waals surface area contributed by atoms with Crippen LogP contribution in [-0.2, 0) is 11.3 Å². The van der Waals surface area contributed by atoms with Gasteiger partial charge >= 0.3 is 0 Å². The molecule has 1 aromatic heterocycles. The molecule has 0 atom stereocenters. The molecule has 7 heteroatoms. The van der Waals surface area contributed by atoms with Crippen LogP contribution in [0.5, 0.6) is 0 Å². The van der Waals surface area contributed by atoms with E-state index in [1.807, 2.05) is 19.1 Å². The van der Waals surface area contributed by atoms with Gasteiger partial charge in [-0.1, -0.05) is 0 Å². The van der Waals surface area contributed by atoms with Gasteiger partial charge in [-0.2, -0.15) is 0 Å². The molecule has 2 aromatic rings. The third-order valence-corrected chi connectivity index (χ3v) is 4.30. The van der Waals surface area contributed by atoms with Gasteiger partial charge in [-0.15, -0.1) is 11.3 Å². The van der Waals surface area contributed by atoms with Gasteiger partial charge < -0.3 is 10.6 Å². The Morgan fingerprint density at radius 2 is 1.92 bits per heavy atom. The fraction of sp³-hybridized carbons (Fsp3) is 0.294. The lowest BCUT2D eigenvalue weighted by Crippen LogP contribution is -2.27. The minimum atomic E-state index is -0.906. The van der Waals surface area contributed by atoms with E-state index in [9.17, 15) is 18.4 Å². The quantitative estimate of drug-likeness (QED) is 0.752. The minimum Gasteiger partial charge on any atom is -0.352 e. The van der Waals surface area contributed by atoms with Crippen LogP contribution in [-0.4, -0.2) is 18.4 Å². The van der Waals surface area contributed by atoms with Crippen LogP contribution in [0.4, 0.5) is 8.78 Å². The van der Waals surface area contributed by atoms with Crippen LogP contribution in [0, 0.1) is 18.6 Å². The first-order valence-electron chi connectivity index (χ1n) is 7.51. The number of benzene rings is 1. The maximum absolute atomic E-state index is 13.4. The second-order valence-corrected chi connectivity index (χ2v) is 6.65. The fourth-order valence-electron chi connectivity index (χ4n) is 2.07. The zero-order valence-electron chi connectivity index (χ0n) is 13.2. The normalized spacial score (nSPS) is 10.5. The van der Waals surface area contributed by atoms with Crippen LogP contribution < -0.4 is 10.6 Å². The van der Waals surface area contributed by atoms with Gasteiger partial charge in [0.25, 0.3) is 5.91 Å². The molecule has 0 saturated heterocycles. The van der Waals surface area contributed by atoms with E-state index >= 15 is 0 Å². The molecule has 2 amide bonds. The molecule has 128 valence electrons. The number of rotatable bonds is 7. The summed E-state index contributed by atoms with van der Waals surface area (Å²) in [7, 11) is 0. The maximum atomic E-state index is 13.4. The second-order valence-electron chi connectivity index (χ2n) is 5.27. The van der Waals surface area contributed by atoms with Crippen molar-refractivity contribution in [2.45, 2.75) is 26.3 Å². The standard InChI is InChI=1S/C17H18F2N2O2S/c1-11-4-6-13(24-11)10-21-16(22)3-2-8-20-17(23)14-7-5-12(18)9-15(14)19/h4-7,9H,2-3,8,10H2,1H3,(H,20,23)(H,21,22). The lowest BCUT2D eigenvalue weighted by Gasteiger charge is -2.07. The highest BCUT2D eigenvalue weighted by atomic mass is 32.1. The smallest absolute Gasteiger partial charge is 0.254 e. The largest absolute Gasteiger partial charge is 0.352 e. The van der Waals surface area contributed by atoms with Crippen molar-refractivity contribution in [3.63, 3.8) is 0 Å². The van der Waals surface area contributed by atoms with E-state index in [4.69, 9.17) is 0 Å². The molecule has 0 unspecified atom stereocenters. The van der Waals surface area contributed by atoms with E-state index < -0.39 is 17.5 Å². The first-order chi connectivity index (χ1) is 11.5. The number of hydrogen-bond acceptors (Lipinski definition) is 3. The first-order valence-corrected chi connectivity index (χ1v) is 8.32. The predicted molar refractivity (Wildman–Crippen MR) is 88.8 cm³/mol. The average Bonchev–Trinajstić information content (AvgIpc) is 2.95. The van der Waals surface area contributed by atoms with Gasteiger partial charge in [-0.05, 0) is 37.6 Å². The van der Waals surface area contributed by atoms with Crippen LogP contribution in [0.2, 0.25) is 0 Å². The molecule has 0 aliphatic carbocycles. The summed E-state index contributed by atoms with van der Waals surface area (Å²) in [5.41, 5.74) is -0.214. The highest BCUT2D eigenvalue weighted by molar-refractivity contribution is 7.11. The molecule has 0 bridgehead atoms. The Morgan fingerprint density at radius 1 is 1.12 bits per heavy atom. The lowest BCUT2D eigenvalue weighted by molar-refractivity contribution is -0.121. The van der Waals surface area contributed by atoms with E-state index in [1.54, 1.807) is 11.3 Å². The summed E-state index contributed by atoms with van der Waals surface area (Å²) in [6.45, 7) is 2.73. The summed E-state index contributed by atoms with van der Waals surface area (Å²) in [4.78, 5) is 25.7. The number of aryl methyl sites for hydroxylation is 1. The van der Waals surface area contributed by atoms with E-state index in [1.165, 1.54) is 4.88 Å². The fourth-order valence-corrected chi connectivity index (χ4v) is 2.90. The molecule has 24 heavy (non-hydrogen) atoms. The molecule has 4 nitrogen and oxygen atoms in total. The van der Waals surface area contributed by atoms with Crippen molar-refractivity contribution in [3.8, 4) is 0 Å². The van der Waals surface area contributed by atoms with Crippen molar-refractivity contribution >= 4 is 23.2 Å². The Bertz CT molecular complexity index is 731. The first kappa shape index (κ1) is 18.1.